The lowest BCUT2D eigenvalue weighted by Gasteiger charge is -2.52. The molecular weight excluding hydrogens is 620 g/mol. The summed E-state index contributed by atoms with van der Waals surface area (Å²) in [6.07, 6.45) is -5.29. The third-order valence-corrected chi connectivity index (χ3v) is 10.2. The van der Waals surface area contributed by atoms with Crippen LogP contribution in [0, 0.1) is 29.6 Å². The van der Waals surface area contributed by atoms with Crippen LogP contribution in [0.1, 0.15) is 50.9 Å². The van der Waals surface area contributed by atoms with Crippen molar-refractivity contribution in [3.63, 3.8) is 0 Å². The highest BCUT2D eigenvalue weighted by molar-refractivity contribution is 6.05. The van der Waals surface area contributed by atoms with Crippen LogP contribution in [0.3, 0.4) is 0 Å². The highest BCUT2D eigenvalue weighted by Crippen LogP contribution is 2.56. The lowest BCUT2D eigenvalue weighted by Crippen LogP contribution is -2.62. The summed E-state index contributed by atoms with van der Waals surface area (Å²) in [5, 5.41) is 84.9. The number of hydrogen-bond acceptors (Lipinski definition) is 14. The van der Waals surface area contributed by atoms with Crippen LogP contribution in [0.2, 0.25) is 0 Å². The lowest BCUT2D eigenvalue weighted by atomic mass is 9.55. The fraction of sp³-hybridized carbons (Fsp3) is 0.606. The molecule has 0 radical (unpaired) electrons. The lowest BCUT2D eigenvalue weighted by molar-refractivity contribution is -0.299. The number of carbonyl (C=O) groups is 3. The van der Waals surface area contributed by atoms with E-state index in [9.17, 15) is 55.2 Å². The number of benzene rings is 1. The number of phenolic OH excluding ortho intramolecular Hbond substituents is 3. The molecule has 8 N–H and O–H groups in total. The molecule has 2 fully saturated rings. The fourth-order valence-corrected chi connectivity index (χ4v) is 7.71. The van der Waals surface area contributed by atoms with Crippen molar-refractivity contribution >= 4 is 17.5 Å². The number of Topliss-reactive ketones (excluding diaryl/α,β-unsaturated/α-hetero) is 2. The summed E-state index contributed by atoms with van der Waals surface area (Å²) in [7, 11) is 0. The molecule has 0 unspecified atom stereocenters. The van der Waals surface area contributed by atoms with E-state index in [1.54, 1.807) is 26.0 Å². The van der Waals surface area contributed by atoms with Gasteiger partial charge in [0.25, 0.3) is 0 Å². The van der Waals surface area contributed by atoms with Gasteiger partial charge in [-0.2, -0.15) is 0 Å². The topological polar surface area (TPSA) is 241 Å². The van der Waals surface area contributed by atoms with E-state index in [0.717, 1.165) is 12.1 Å². The number of rotatable bonds is 7. The number of ether oxygens (including phenoxy) is 3. The van der Waals surface area contributed by atoms with Crippen LogP contribution in [0.25, 0.3) is 0 Å². The van der Waals surface area contributed by atoms with Gasteiger partial charge in [0.2, 0.25) is 0 Å². The molecule has 1 saturated heterocycles. The van der Waals surface area contributed by atoms with Crippen LogP contribution in [-0.2, 0) is 23.8 Å². The Morgan fingerprint density at radius 2 is 1.66 bits per heavy atom. The maximum atomic E-state index is 13.4. The maximum absolute atomic E-state index is 13.4. The van der Waals surface area contributed by atoms with Crippen molar-refractivity contribution in [2.45, 2.75) is 82.4 Å². The molecule has 0 spiro atoms. The Morgan fingerprint density at radius 1 is 1.02 bits per heavy atom. The van der Waals surface area contributed by atoms with Gasteiger partial charge in [0.15, 0.2) is 29.3 Å². The smallest absolute Gasteiger partial charge is 0.338 e. The molecule has 0 amide bonds. The van der Waals surface area contributed by atoms with Crippen LogP contribution < -0.4 is 0 Å². The van der Waals surface area contributed by atoms with Gasteiger partial charge in [-0.15, -0.1) is 0 Å². The van der Waals surface area contributed by atoms with Gasteiger partial charge in [0, 0.05) is 30.6 Å². The second kappa shape index (κ2) is 12.6. The molecule has 11 atom stereocenters. The number of esters is 1. The minimum absolute atomic E-state index is 0.0487. The Labute approximate surface area is 270 Å². The van der Waals surface area contributed by atoms with E-state index >= 15 is 0 Å². The molecule has 1 saturated carbocycles. The molecule has 4 aliphatic rings. The average Bonchev–Trinajstić information content (AvgIpc) is 3.17. The van der Waals surface area contributed by atoms with Crippen molar-refractivity contribution in [1.82, 2.24) is 0 Å². The zero-order valence-electron chi connectivity index (χ0n) is 26.4. The number of hydrogen-bond donors (Lipinski definition) is 8. The van der Waals surface area contributed by atoms with Crippen molar-refractivity contribution in [3.8, 4) is 17.2 Å². The van der Waals surface area contributed by atoms with Gasteiger partial charge in [-0.1, -0.05) is 32.9 Å². The number of ketones is 2. The molecule has 14 heteroatoms. The molecule has 1 aromatic carbocycles. The van der Waals surface area contributed by atoms with Gasteiger partial charge in [-0.3, -0.25) is 9.59 Å². The van der Waals surface area contributed by atoms with E-state index < -0.39 is 101 Å². The van der Waals surface area contributed by atoms with Crippen LogP contribution in [-0.4, -0.2) is 114 Å². The summed E-state index contributed by atoms with van der Waals surface area (Å²) < 4.78 is 16.6. The molecule has 14 nitrogen and oxygen atoms in total. The Balaban J connectivity index is 1.37. The largest absolute Gasteiger partial charge is 0.504 e. The molecule has 5 rings (SSSR count). The van der Waals surface area contributed by atoms with Crippen molar-refractivity contribution in [2.75, 3.05) is 13.2 Å². The van der Waals surface area contributed by atoms with Crippen LogP contribution in [0.5, 0.6) is 17.2 Å². The molecule has 0 aromatic heterocycles. The normalized spacial score (nSPS) is 38.7. The highest BCUT2D eigenvalue weighted by atomic mass is 16.7. The van der Waals surface area contributed by atoms with Gasteiger partial charge >= 0.3 is 5.97 Å². The van der Waals surface area contributed by atoms with E-state index in [0.29, 0.717) is 5.57 Å². The standard InChI is InChI=1S/C33H42O14/c1-13(2)24-18-7-16(10-32(43)23(5-14(3)29(32)41)33(18,44)15(4)6-19(24)34)11-46-31-28(40)27(39)26(38)22(47-31)12-45-30(42)17-8-20(35)25(37)21(36)9-17/h5,7-9,13,15,18,22-24,26-28,31,35-40,43-44H,6,10-12H2,1-4H3/t15-,18+,22-,23-,24+,26-,27+,28-,31-,32-,33-/m1/s1. The quantitative estimate of drug-likeness (QED) is 0.111. The Hall–Kier alpha value is -3.37. The van der Waals surface area contributed by atoms with Gasteiger partial charge in [0.05, 0.1) is 17.8 Å². The van der Waals surface area contributed by atoms with Crippen LogP contribution >= 0.6 is 0 Å². The summed E-state index contributed by atoms with van der Waals surface area (Å²) >= 11 is 0. The fourth-order valence-electron chi connectivity index (χ4n) is 7.71. The first-order valence-corrected chi connectivity index (χ1v) is 15.5. The van der Waals surface area contributed by atoms with Crippen molar-refractivity contribution < 1.29 is 69.4 Å². The highest BCUT2D eigenvalue weighted by Gasteiger charge is 2.65. The number of aliphatic hydroxyl groups is 5. The molecule has 1 heterocycles. The first kappa shape index (κ1) is 35.0. The minimum Gasteiger partial charge on any atom is -0.504 e. The Morgan fingerprint density at radius 3 is 2.28 bits per heavy atom. The average molecular weight is 663 g/mol. The summed E-state index contributed by atoms with van der Waals surface area (Å²) in [6, 6.07) is 1.69. The van der Waals surface area contributed by atoms with Gasteiger partial charge in [-0.05, 0) is 42.0 Å². The molecule has 47 heavy (non-hydrogen) atoms. The zero-order valence-corrected chi connectivity index (χ0v) is 26.4. The summed E-state index contributed by atoms with van der Waals surface area (Å²) in [5.74, 6) is -7.27. The van der Waals surface area contributed by atoms with E-state index in [1.165, 1.54) is 0 Å². The van der Waals surface area contributed by atoms with Crippen LogP contribution in [0.15, 0.2) is 35.4 Å². The van der Waals surface area contributed by atoms with E-state index in [-0.39, 0.29) is 42.3 Å². The van der Waals surface area contributed by atoms with Gasteiger partial charge in [0.1, 0.15) is 42.4 Å². The summed E-state index contributed by atoms with van der Waals surface area (Å²) in [6.45, 7) is 5.97. The number of aliphatic hydroxyl groups excluding tert-OH is 3. The minimum atomic E-state index is -2.03. The number of aromatic hydroxyl groups is 3. The molecular formula is C33H42O14. The van der Waals surface area contributed by atoms with E-state index in [1.807, 2.05) is 13.8 Å². The van der Waals surface area contributed by atoms with Crippen LogP contribution in [0.4, 0.5) is 0 Å². The van der Waals surface area contributed by atoms with Crippen molar-refractivity contribution in [1.29, 1.82) is 0 Å². The van der Waals surface area contributed by atoms with E-state index in [4.69, 9.17) is 14.2 Å². The third-order valence-electron chi connectivity index (χ3n) is 10.2. The predicted octanol–water partition coefficient (Wildman–Crippen LogP) is 0.219. The second-order valence-electron chi connectivity index (χ2n) is 13.6. The van der Waals surface area contributed by atoms with Crippen molar-refractivity contribution in [3.05, 3.63) is 41.0 Å². The van der Waals surface area contributed by atoms with Gasteiger partial charge in [-0.25, -0.2) is 4.79 Å². The summed E-state index contributed by atoms with van der Waals surface area (Å²) in [4.78, 5) is 39.1. The SMILES string of the molecule is CC1=C[C@H]2[C@@]3(O)[C@H](C)CC(=O)[C@@H](C(C)C)[C@@H]3C=C(CO[C@@H]3O[C@H](COC(=O)c4cc(O)c(O)c(O)c4)[C@@H](O)[C@H](O)[C@H]3O)C[C@]2(O)C1=O. The maximum Gasteiger partial charge on any atom is 0.338 e. The number of fused-ring (bicyclic) bond motifs is 3. The second-order valence-corrected chi connectivity index (χ2v) is 13.6. The molecule has 258 valence electrons. The van der Waals surface area contributed by atoms with E-state index in [2.05, 4.69) is 0 Å². The molecule has 1 aliphatic heterocycles. The summed E-state index contributed by atoms with van der Waals surface area (Å²) in [5.41, 5.74) is -3.39. The monoisotopic (exact) mass is 662 g/mol. The molecule has 3 aliphatic carbocycles. The number of carbonyl (C=O) groups excluding carboxylic acids is 3. The Kier molecular flexibility index (Phi) is 9.36. The first-order chi connectivity index (χ1) is 21.9. The Bertz CT molecular complexity index is 1480. The predicted molar refractivity (Wildman–Crippen MR) is 160 cm³/mol. The first-order valence-electron chi connectivity index (χ1n) is 15.5. The molecule has 0 bridgehead atoms. The van der Waals surface area contributed by atoms with Crippen molar-refractivity contribution in [2.24, 2.45) is 29.6 Å². The molecule has 1 aromatic rings. The third kappa shape index (κ3) is 5.86. The van der Waals surface area contributed by atoms with Gasteiger partial charge < -0.3 is 55.1 Å². The zero-order chi connectivity index (χ0) is 34.7. The number of phenols is 3.